The van der Waals surface area contributed by atoms with Gasteiger partial charge < -0.3 is 21.1 Å². The van der Waals surface area contributed by atoms with Gasteiger partial charge >= 0.3 is 0 Å². The zero-order chi connectivity index (χ0) is 16.5. The Morgan fingerprint density at radius 1 is 1.08 bits per heavy atom. The number of hydrogen-bond donors (Lipinski definition) is 3. The number of ether oxygens (including phenoxy) is 1. The van der Waals surface area contributed by atoms with E-state index in [-0.39, 0.29) is 0 Å². The summed E-state index contributed by atoms with van der Waals surface area (Å²) in [6, 6.07) is 14.6. The lowest BCUT2D eigenvalue weighted by atomic mass is 9.93. The lowest BCUT2D eigenvalue weighted by Crippen LogP contribution is -2.18. The monoisotopic (exact) mass is 339 g/mol. The summed E-state index contributed by atoms with van der Waals surface area (Å²) in [7, 11) is 0. The van der Waals surface area contributed by atoms with Gasteiger partial charge in [0.2, 0.25) is 0 Å². The second kappa shape index (κ2) is 6.42. The summed E-state index contributed by atoms with van der Waals surface area (Å²) in [5.41, 5.74) is 11.6. The van der Waals surface area contributed by atoms with E-state index in [0.717, 1.165) is 17.9 Å². The van der Waals surface area contributed by atoms with Crippen molar-refractivity contribution in [2.45, 2.75) is 16.7 Å². The average Bonchev–Trinajstić information content (AvgIpc) is 2.92. The van der Waals surface area contributed by atoms with Crippen LogP contribution in [0.3, 0.4) is 0 Å². The molecule has 1 unspecified atom stereocenters. The second-order valence-corrected chi connectivity index (χ2v) is 7.37. The number of nitrogen functional groups attached to an aromatic ring is 1. The van der Waals surface area contributed by atoms with Crippen molar-refractivity contribution in [1.29, 1.82) is 0 Å². The Labute approximate surface area is 146 Å². The van der Waals surface area contributed by atoms with Crippen LogP contribution < -0.4 is 16.4 Å². The molecule has 2 aromatic carbocycles. The molecule has 24 heavy (non-hydrogen) atoms. The number of nitrogens with two attached hydrogens (primary N) is 1. The van der Waals surface area contributed by atoms with E-state index in [1.807, 2.05) is 12.1 Å². The van der Waals surface area contributed by atoms with E-state index in [9.17, 15) is 0 Å². The van der Waals surface area contributed by atoms with E-state index in [0.29, 0.717) is 19.3 Å². The van der Waals surface area contributed by atoms with Crippen LogP contribution in [0.2, 0.25) is 0 Å². The van der Waals surface area contributed by atoms with Gasteiger partial charge in [0.1, 0.15) is 6.73 Å². The molecule has 4 N–H and O–H groups in total. The van der Waals surface area contributed by atoms with Crippen molar-refractivity contribution in [3.05, 3.63) is 53.7 Å². The summed E-state index contributed by atoms with van der Waals surface area (Å²) in [5.74, 6) is 0.485. The lowest BCUT2D eigenvalue weighted by molar-refractivity contribution is 0.172. The molecule has 124 valence electrons. The molecule has 0 fully saturated rings. The third-order valence-corrected chi connectivity index (χ3v) is 5.45. The van der Waals surface area contributed by atoms with Crippen molar-refractivity contribution in [3.63, 3.8) is 0 Å². The van der Waals surface area contributed by atoms with Gasteiger partial charge in [-0.15, -0.1) is 0 Å². The Balaban J connectivity index is 1.71. The highest BCUT2D eigenvalue weighted by molar-refractivity contribution is 7.99. The third-order valence-electron chi connectivity index (χ3n) is 4.45. The molecule has 1 atom stereocenters. The Morgan fingerprint density at radius 2 is 1.88 bits per heavy atom. The second-order valence-electron chi connectivity index (χ2n) is 6.22. The van der Waals surface area contributed by atoms with Crippen molar-refractivity contribution < 1.29 is 4.74 Å². The molecule has 0 aromatic heterocycles. The normalized spacial score (nSPS) is 19.6. The average molecular weight is 339 g/mol. The number of anilines is 2. The molecule has 2 aliphatic heterocycles. The molecular formula is C19H21N3OS. The van der Waals surface area contributed by atoms with Crippen molar-refractivity contribution in [3.8, 4) is 0 Å². The first-order valence-electron chi connectivity index (χ1n) is 8.17. The highest BCUT2D eigenvalue weighted by Crippen LogP contribution is 2.39. The van der Waals surface area contributed by atoms with E-state index < -0.39 is 0 Å². The lowest BCUT2D eigenvalue weighted by Gasteiger charge is -2.21. The van der Waals surface area contributed by atoms with Gasteiger partial charge in [-0.05, 0) is 48.0 Å². The SMILES string of the molecule is CC1CNC2=C1c1cc(Sc3ccc(N)cc3)ccc1NCOC2. The van der Waals surface area contributed by atoms with Crippen molar-refractivity contribution >= 4 is 28.7 Å². The first-order valence-corrected chi connectivity index (χ1v) is 8.99. The van der Waals surface area contributed by atoms with Crippen LogP contribution in [0.5, 0.6) is 0 Å². The van der Waals surface area contributed by atoms with E-state index in [1.54, 1.807) is 11.8 Å². The van der Waals surface area contributed by atoms with Gasteiger partial charge in [-0.3, -0.25) is 0 Å². The standard InChI is InChI=1S/C19H21N3OS/c1-12-9-21-18-10-23-11-22-17-7-6-15(8-16(17)19(12)18)24-14-4-2-13(20)3-5-14/h2-8,12,21-22H,9-11,20H2,1H3. The van der Waals surface area contributed by atoms with E-state index in [4.69, 9.17) is 10.5 Å². The maximum atomic E-state index is 5.77. The zero-order valence-electron chi connectivity index (χ0n) is 13.6. The Hall–Kier alpha value is -2.11. The first-order chi connectivity index (χ1) is 11.7. The minimum atomic E-state index is 0.485. The number of fused-ring (bicyclic) bond motifs is 2. The fourth-order valence-corrected chi connectivity index (χ4v) is 4.10. The number of rotatable bonds is 2. The molecule has 0 aliphatic carbocycles. The molecule has 2 aliphatic rings. The molecule has 2 heterocycles. The summed E-state index contributed by atoms with van der Waals surface area (Å²) in [4.78, 5) is 2.42. The van der Waals surface area contributed by atoms with Crippen molar-refractivity contribution in [2.75, 3.05) is 30.9 Å². The summed E-state index contributed by atoms with van der Waals surface area (Å²) < 4.78 is 5.68. The molecule has 0 amide bonds. The number of hydrogen-bond acceptors (Lipinski definition) is 5. The minimum absolute atomic E-state index is 0.485. The van der Waals surface area contributed by atoms with Crippen LogP contribution in [0.1, 0.15) is 12.5 Å². The Morgan fingerprint density at radius 3 is 2.71 bits per heavy atom. The minimum Gasteiger partial charge on any atom is -0.399 e. The van der Waals surface area contributed by atoms with E-state index in [1.165, 1.54) is 26.6 Å². The third kappa shape index (κ3) is 2.97. The number of benzene rings is 2. The topological polar surface area (TPSA) is 59.3 Å². The number of nitrogens with one attached hydrogen (secondary N) is 2. The molecular weight excluding hydrogens is 318 g/mol. The fraction of sp³-hybridized carbons (Fsp3) is 0.263. The van der Waals surface area contributed by atoms with Crippen molar-refractivity contribution in [2.24, 2.45) is 5.92 Å². The molecule has 0 spiro atoms. The molecule has 2 aromatic rings. The van der Waals surface area contributed by atoms with Gasteiger partial charge in [-0.1, -0.05) is 18.7 Å². The van der Waals surface area contributed by atoms with Gasteiger partial charge in [0.05, 0.1) is 6.61 Å². The van der Waals surface area contributed by atoms with Crippen LogP contribution >= 0.6 is 11.8 Å². The molecule has 0 radical (unpaired) electrons. The summed E-state index contributed by atoms with van der Waals surface area (Å²) >= 11 is 1.76. The van der Waals surface area contributed by atoms with Gasteiger partial charge in [-0.25, -0.2) is 0 Å². The summed E-state index contributed by atoms with van der Waals surface area (Å²) in [6.07, 6.45) is 0. The van der Waals surface area contributed by atoms with Gasteiger partial charge in [0.15, 0.2) is 0 Å². The smallest absolute Gasteiger partial charge is 0.117 e. The van der Waals surface area contributed by atoms with E-state index in [2.05, 4.69) is 47.9 Å². The predicted octanol–water partition coefficient (Wildman–Crippen LogP) is 3.77. The molecule has 0 saturated carbocycles. The molecule has 0 saturated heterocycles. The van der Waals surface area contributed by atoms with Crippen LogP contribution in [0, 0.1) is 5.92 Å². The maximum absolute atomic E-state index is 5.77. The van der Waals surface area contributed by atoms with Crippen LogP contribution in [0.4, 0.5) is 11.4 Å². The van der Waals surface area contributed by atoms with Crippen LogP contribution in [-0.2, 0) is 4.74 Å². The molecule has 4 nitrogen and oxygen atoms in total. The van der Waals surface area contributed by atoms with Crippen LogP contribution in [0.25, 0.3) is 5.57 Å². The van der Waals surface area contributed by atoms with Gasteiger partial charge in [0, 0.05) is 44.9 Å². The van der Waals surface area contributed by atoms with Gasteiger partial charge in [0.25, 0.3) is 0 Å². The van der Waals surface area contributed by atoms with E-state index >= 15 is 0 Å². The van der Waals surface area contributed by atoms with Crippen molar-refractivity contribution in [1.82, 2.24) is 5.32 Å². The summed E-state index contributed by atoms with van der Waals surface area (Å²) in [6.45, 7) is 4.41. The summed E-state index contributed by atoms with van der Waals surface area (Å²) in [5, 5.41) is 6.89. The van der Waals surface area contributed by atoms with Crippen LogP contribution in [0.15, 0.2) is 58.0 Å². The molecule has 0 bridgehead atoms. The maximum Gasteiger partial charge on any atom is 0.117 e. The van der Waals surface area contributed by atoms with Gasteiger partial charge in [-0.2, -0.15) is 0 Å². The predicted molar refractivity (Wildman–Crippen MR) is 99.9 cm³/mol. The molecule has 5 heteroatoms. The fourth-order valence-electron chi connectivity index (χ4n) is 3.25. The molecule has 4 rings (SSSR count). The Kier molecular flexibility index (Phi) is 4.12. The highest BCUT2D eigenvalue weighted by atomic mass is 32.2. The zero-order valence-corrected chi connectivity index (χ0v) is 14.5. The first kappa shape index (κ1) is 15.4. The Bertz CT molecular complexity index is 786. The highest BCUT2D eigenvalue weighted by Gasteiger charge is 2.26. The quantitative estimate of drug-likeness (QED) is 0.727. The van der Waals surface area contributed by atoms with Crippen LogP contribution in [-0.4, -0.2) is 19.9 Å². The largest absolute Gasteiger partial charge is 0.399 e.